The maximum atomic E-state index is 4.63. The molecule has 2 nitrogen and oxygen atoms in total. The van der Waals surface area contributed by atoms with Gasteiger partial charge in [0.25, 0.3) is 0 Å². The van der Waals surface area contributed by atoms with Gasteiger partial charge in [-0.15, -0.1) is 11.3 Å². The van der Waals surface area contributed by atoms with Gasteiger partial charge < -0.3 is 4.57 Å². The van der Waals surface area contributed by atoms with Gasteiger partial charge in [-0.3, -0.25) is 4.98 Å². The Labute approximate surface area is 361 Å². The molecule has 0 bridgehead atoms. The van der Waals surface area contributed by atoms with Crippen molar-refractivity contribution in [1.29, 1.82) is 0 Å². The fourth-order valence-corrected chi connectivity index (χ4v) is 9.57. The molecule has 0 aliphatic heterocycles. The van der Waals surface area contributed by atoms with E-state index in [0.717, 1.165) is 16.9 Å². The van der Waals surface area contributed by atoms with Gasteiger partial charge in [0.1, 0.15) is 0 Å². The molecule has 4 heteroatoms. The van der Waals surface area contributed by atoms with Crippen LogP contribution in [0.25, 0.3) is 103 Å². The number of nitrogens with zero attached hydrogens (tertiary/aromatic N) is 2. The molecule has 3 aromatic heterocycles. The Morgan fingerprint density at radius 3 is 1.72 bits per heavy atom. The minimum atomic E-state index is 0.982. The highest BCUT2D eigenvalue weighted by Gasteiger charge is 2.16. The highest BCUT2D eigenvalue weighted by molar-refractivity contribution is 7.79. The van der Waals surface area contributed by atoms with Gasteiger partial charge >= 0.3 is 0 Å². The molecule has 3 heterocycles. The predicted octanol–water partition coefficient (Wildman–Crippen LogP) is 16.5. The summed E-state index contributed by atoms with van der Waals surface area (Å²) in [5.74, 6) is 0. The number of hydrogen-bond acceptors (Lipinski definition) is 3. The number of hydrogen-bond donors (Lipinski definition) is 1. The lowest BCUT2D eigenvalue weighted by molar-refractivity contribution is 1.18. The van der Waals surface area contributed by atoms with Crippen LogP contribution in [-0.4, -0.2) is 15.8 Å². The molecule has 0 amide bonds. The van der Waals surface area contributed by atoms with Gasteiger partial charge in [0, 0.05) is 48.4 Å². The summed E-state index contributed by atoms with van der Waals surface area (Å²) in [6.07, 6.45) is 3.55. The number of aromatic nitrogens is 2. The van der Waals surface area contributed by atoms with Crippen molar-refractivity contribution in [2.75, 3.05) is 6.26 Å². The van der Waals surface area contributed by atoms with Crippen LogP contribution in [0.5, 0.6) is 0 Å². The van der Waals surface area contributed by atoms with Crippen molar-refractivity contribution < 1.29 is 0 Å². The van der Waals surface area contributed by atoms with Gasteiger partial charge in [0.05, 0.1) is 16.7 Å². The Hall–Kier alpha value is -6.72. The first-order chi connectivity index (χ1) is 29.7. The lowest BCUT2D eigenvalue weighted by Gasteiger charge is -2.11. The maximum Gasteiger partial charge on any atom is 0.0702 e. The SMILES string of the molecule is CC.CS.c1ccc(-c2cccc(-c3cccc(-c4ccc5sc6c(-c7cccc(-n8c9ccccc9c9cc(-c%10ccccn%10)ccc98)c7)cccc6c5c4)c3)c2)cc1. The largest absolute Gasteiger partial charge is 0.309 e. The van der Waals surface area contributed by atoms with Gasteiger partial charge in [0.2, 0.25) is 0 Å². The molecule has 0 saturated heterocycles. The van der Waals surface area contributed by atoms with Crippen molar-refractivity contribution in [1.82, 2.24) is 9.55 Å². The molecular weight excluding hydrogens is 765 g/mol. The van der Waals surface area contributed by atoms with Gasteiger partial charge in [0.15, 0.2) is 0 Å². The molecule has 0 unspecified atom stereocenters. The normalized spacial score (nSPS) is 11.0. The Morgan fingerprint density at radius 2 is 0.967 bits per heavy atom. The Bertz CT molecular complexity index is 3250. The van der Waals surface area contributed by atoms with Crippen LogP contribution in [0.15, 0.2) is 206 Å². The van der Waals surface area contributed by atoms with Crippen molar-refractivity contribution in [2.45, 2.75) is 13.8 Å². The van der Waals surface area contributed by atoms with E-state index in [1.54, 1.807) is 6.26 Å². The number of rotatable bonds is 6. The molecular formula is C56H44N2S2. The first kappa shape index (κ1) is 38.8. The zero-order valence-electron chi connectivity index (χ0n) is 33.9. The van der Waals surface area contributed by atoms with Crippen LogP contribution in [0.3, 0.4) is 0 Å². The van der Waals surface area contributed by atoms with Crippen molar-refractivity contribution in [3.63, 3.8) is 0 Å². The molecule has 0 aliphatic rings. The van der Waals surface area contributed by atoms with Gasteiger partial charge in [-0.1, -0.05) is 147 Å². The van der Waals surface area contributed by atoms with E-state index in [2.05, 4.69) is 210 Å². The van der Waals surface area contributed by atoms with E-state index in [0.29, 0.717) is 0 Å². The van der Waals surface area contributed by atoms with Crippen LogP contribution in [-0.2, 0) is 0 Å². The Balaban J connectivity index is 0.00000112. The number of fused-ring (bicyclic) bond motifs is 6. The summed E-state index contributed by atoms with van der Waals surface area (Å²) < 4.78 is 5.01. The van der Waals surface area contributed by atoms with Crippen LogP contribution in [0, 0.1) is 0 Å². The third-order valence-corrected chi connectivity index (χ3v) is 12.3. The lowest BCUT2D eigenvalue weighted by Crippen LogP contribution is -1.94. The van der Waals surface area contributed by atoms with E-state index in [4.69, 9.17) is 0 Å². The number of pyridine rings is 1. The lowest BCUT2D eigenvalue weighted by atomic mass is 9.95. The van der Waals surface area contributed by atoms with Crippen LogP contribution in [0.1, 0.15) is 13.8 Å². The van der Waals surface area contributed by atoms with E-state index in [1.807, 2.05) is 43.5 Å². The molecule has 0 spiro atoms. The molecule has 0 radical (unpaired) electrons. The predicted molar refractivity (Wildman–Crippen MR) is 265 cm³/mol. The fourth-order valence-electron chi connectivity index (χ4n) is 8.35. The second-order valence-electron chi connectivity index (χ2n) is 14.4. The standard InChI is InChI=1S/C53H34N2S.C2H6.CH4S/c1-2-12-35(13-3-1)36-14-8-15-37(30-36)38-16-9-17-39(31-38)40-26-28-52-48(33-40)46-22-11-21-44(53(46)56-52)41-18-10-19-43(32-41)55-50-24-5-4-20-45(50)47-34-42(25-27-51(47)55)49-23-6-7-29-54-49;2*1-2/h1-34H;1-2H3;2H,1H3. The quantitative estimate of drug-likeness (QED) is 0.166. The first-order valence-corrected chi connectivity index (χ1v) is 22.2. The van der Waals surface area contributed by atoms with Crippen LogP contribution in [0.2, 0.25) is 0 Å². The average Bonchev–Trinajstić information content (AvgIpc) is 3.89. The summed E-state index contributed by atoms with van der Waals surface area (Å²) >= 11 is 5.41. The maximum absolute atomic E-state index is 4.63. The molecule has 0 fully saturated rings. The summed E-state index contributed by atoms with van der Waals surface area (Å²) in [5, 5.41) is 5.05. The molecule has 11 rings (SSSR count). The fraction of sp³-hybridized carbons (Fsp3) is 0.0536. The second kappa shape index (κ2) is 17.2. The highest BCUT2D eigenvalue weighted by atomic mass is 32.1. The minimum Gasteiger partial charge on any atom is -0.309 e. The summed E-state index contributed by atoms with van der Waals surface area (Å²) in [4.78, 5) is 4.63. The zero-order chi connectivity index (χ0) is 41.0. The van der Waals surface area contributed by atoms with Gasteiger partial charge in [-0.2, -0.15) is 12.6 Å². The van der Waals surface area contributed by atoms with Crippen LogP contribution >= 0.6 is 24.0 Å². The minimum absolute atomic E-state index is 0.982. The first-order valence-electron chi connectivity index (χ1n) is 20.5. The molecule has 0 aliphatic carbocycles. The molecule has 0 saturated carbocycles. The number of thiol groups is 1. The topological polar surface area (TPSA) is 17.8 Å². The molecule has 60 heavy (non-hydrogen) atoms. The Morgan fingerprint density at radius 1 is 0.400 bits per heavy atom. The second-order valence-corrected chi connectivity index (χ2v) is 15.4. The highest BCUT2D eigenvalue weighted by Crippen LogP contribution is 2.43. The Kier molecular flexibility index (Phi) is 11.1. The molecule has 0 atom stereocenters. The number of para-hydroxylation sites is 1. The van der Waals surface area contributed by atoms with Crippen molar-refractivity contribution in [3.05, 3.63) is 206 Å². The third-order valence-electron chi connectivity index (χ3n) is 11.0. The van der Waals surface area contributed by atoms with Crippen molar-refractivity contribution in [2.24, 2.45) is 0 Å². The van der Waals surface area contributed by atoms with Crippen LogP contribution in [0.4, 0.5) is 0 Å². The summed E-state index contributed by atoms with van der Waals surface area (Å²) in [5.41, 5.74) is 15.4. The third kappa shape index (κ3) is 7.19. The number of benzene rings is 8. The van der Waals surface area contributed by atoms with Gasteiger partial charge in [-0.25, -0.2) is 0 Å². The molecule has 0 N–H and O–H groups in total. The van der Waals surface area contributed by atoms with E-state index < -0.39 is 0 Å². The van der Waals surface area contributed by atoms with E-state index in [1.165, 1.54) is 86.5 Å². The molecule has 11 aromatic rings. The molecule has 8 aromatic carbocycles. The van der Waals surface area contributed by atoms with Gasteiger partial charge in [-0.05, 0) is 117 Å². The van der Waals surface area contributed by atoms with Crippen LogP contribution < -0.4 is 0 Å². The molecule has 290 valence electrons. The smallest absolute Gasteiger partial charge is 0.0702 e. The van der Waals surface area contributed by atoms with E-state index in [-0.39, 0.29) is 0 Å². The van der Waals surface area contributed by atoms with E-state index >= 15 is 0 Å². The van der Waals surface area contributed by atoms with Crippen molar-refractivity contribution in [3.8, 4) is 61.5 Å². The van der Waals surface area contributed by atoms with Crippen molar-refractivity contribution >= 4 is 65.9 Å². The zero-order valence-corrected chi connectivity index (χ0v) is 35.6. The summed E-state index contributed by atoms with van der Waals surface area (Å²) in [7, 11) is 0. The number of thiophene rings is 1. The summed E-state index contributed by atoms with van der Waals surface area (Å²) in [6.45, 7) is 4.00. The summed E-state index contributed by atoms with van der Waals surface area (Å²) in [6, 6.07) is 72.6. The monoisotopic (exact) mass is 808 g/mol. The van der Waals surface area contributed by atoms with E-state index in [9.17, 15) is 0 Å². The average molecular weight is 809 g/mol.